The quantitative estimate of drug-likeness (QED) is 0.824. The Morgan fingerprint density at radius 2 is 2.31 bits per heavy atom. The van der Waals surface area contributed by atoms with Crippen molar-refractivity contribution in [2.75, 3.05) is 29.7 Å². The lowest BCUT2D eigenvalue weighted by Gasteiger charge is -2.28. The van der Waals surface area contributed by atoms with Crippen molar-refractivity contribution in [2.45, 2.75) is 19.4 Å². The van der Waals surface area contributed by atoms with E-state index < -0.39 is 0 Å². The molecule has 16 heavy (non-hydrogen) atoms. The summed E-state index contributed by atoms with van der Waals surface area (Å²) in [7, 11) is 1.99. The zero-order valence-corrected chi connectivity index (χ0v) is 11.3. The molecule has 0 saturated heterocycles. The van der Waals surface area contributed by atoms with Crippen molar-refractivity contribution < 1.29 is 0 Å². The normalized spacial score (nSPS) is 12.5. The highest BCUT2D eigenvalue weighted by atomic mass is 35.5. The minimum Gasteiger partial charge on any atom is -0.394 e. The molecule has 1 unspecified atom stereocenters. The summed E-state index contributed by atoms with van der Waals surface area (Å²) in [5.74, 6) is 1.74. The van der Waals surface area contributed by atoms with Gasteiger partial charge in [0.1, 0.15) is 0 Å². The highest BCUT2D eigenvalue weighted by Gasteiger charge is 2.16. The average Bonchev–Trinajstić information content (AvgIpc) is 2.28. The number of rotatable bonds is 5. The molecule has 1 rings (SSSR count). The van der Waals surface area contributed by atoms with Gasteiger partial charge in [-0.3, -0.25) is 0 Å². The number of hydrogen-bond acceptors (Lipinski definition) is 5. The van der Waals surface area contributed by atoms with Gasteiger partial charge in [0.25, 0.3) is 0 Å². The molecule has 0 amide bonds. The van der Waals surface area contributed by atoms with Gasteiger partial charge in [0.05, 0.1) is 11.9 Å². The summed E-state index contributed by atoms with van der Waals surface area (Å²) in [6.07, 6.45) is 4.68. The lowest BCUT2D eigenvalue weighted by Crippen LogP contribution is -2.34. The number of hydrogen-bond donors (Lipinski definition) is 1. The summed E-state index contributed by atoms with van der Waals surface area (Å²) < 4.78 is 0. The Morgan fingerprint density at radius 3 is 2.88 bits per heavy atom. The molecule has 1 aromatic rings. The first-order valence-corrected chi connectivity index (χ1v) is 6.87. The lowest BCUT2D eigenvalue weighted by molar-refractivity contribution is 0.666. The zero-order valence-electron chi connectivity index (χ0n) is 9.77. The van der Waals surface area contributed by atoms with Gasteiger partial charge in [0.2, 0.25) is 5.28 Å². The van der Waals surface area contributed by atoms with Crippen LogP contribution < -0.4 is 10.6 Å². The van der Waals surface area contributed by atoms with Crippen molar-refractivity contribution in [3.8, 4) is 0 Å². The first-order chi connectivity index (χ1) is 7.60. The summed E-state index contributed by atoms with van der Waals surface area (Å²) in [6.45, 7) is 2.15. The summed E-state index contributed by atoms with van der Waals surface area (Å²) >= 11 is 7.58. The van der Waals surface area contributed by atoms with Gasteiger partial charge in [-0.25, -0.2) is 4.98 Å². The average molecular weight is 261 g/mol. The van der Waals surface area contributed by atoms with Gasteiger partial charge in [-0.1, -0.05) is 6.92 Å². The van der Waals surface area contributed by atoms with Gasteiger partial charge in [0.15, 0.2) is 5.82 Å². The molecule has 0 aliphatic rings. The maximum absolute atomic E-state index is 5.85. The lowest BCUT2D eigenvalue weighted by atomic mass is 10.2. The molecule has 1 aromatic heterocycles. The van der Waals surface area contributed by atoms with Crippen LogP contribution in [0.3, 0.4) is 0 Å². The van der Waals surface area contributed by atoms with Gasteiger partial charge < -0.3 is 10.6 Å². The molecule has 0 saturated carbocycles. The van der Waals surface area contributed by atoms with E-state index in [2.05, 4.69) is 28.0 Å². The number of aromatic nitrogens is 2. The fourth-order valence-corrected chi connectivity index (χ4v) is 2.49. The van der Waals surface area contributed by atoms with Crippen LogP contribution in [-0.4, -0.2) is 35.1 Å². The minimum atomic E-state index is 0.232. The second-order valence-electron chi connectivity index (χ2n) is 3.55. The number of nitrogens with zero attached hydrogens (tertiary/aromatic N) is 3. The number of halogens is 1. The Kier molecular flexibility index (Phi) is 5.15. The Bertz CT molecular complexity index is 348. The zero-order chi connectivity index (χ0) is 12.1. The molecule has 1 heterocycles. The van der Waals surface area contributed by atoms with Gasteiger partial charge in [-0.15, -0.1) is 0 Å². The van der Waals surface area contributed by atoms with Crippen molar-refractivity contribution in [2.24, 2.45) is 0 Å². The third-order valence-electron chi connectivity index (χ3n) is 2.48. The van der Waals surface area contributed by atoms with E-state index >= 15 is 0 Å². The molecule has 2 N–H and O–H groups in total. The van der Waals surface area contributed by atoms with Crippen LogP contribution in [0.15, 0.2) is 6.20 Å². The Balaban J connectivity index is 2.93. The van der Waals surface area contributed by atoms with E-state index in [1.807, 2.05) is 18.8 Å². The molecule has 0 aliphatic carbocycles. The third kappa shape index (κ3) is 3.15. The highest BCUT2D eigenvalue weighted by molar-refractivity contribution is 7.98. The van der Waals surface area contributed by atoms with E-state index in [1.54, 1.807) is 6.20 Å². The molecule has 6 heteroatoms. The fourth-order valence-electron chi connectivity index (χ4n) is 1.51. The monoisotopic (exact) mass is 260 g/mol. The highest BCUT2D eigenvalue weighted by Crippen LogP contribution is 2.23. The van der Waals surface area contributed by atoms with E-state index in [0.29, 0.717) is 17.5 Å². The molecule has 0 spiro atoms. The first-order valence-electron chi connectivity index (χ1n) is 5.09. The van der Waals surface area contributed by atoms with E-state index in [1.165, 1.54) is 0 Å². The Morgan fingerprint density at radius 1 is 1.62 bits per heavy atom. The molecule has 0 radical (unpaired) electrons. The van der Waals surface area contributed by atoms with Crippen molar-refractivity contribution >= 4 is 34.9 Å². The van der Waals surface area contributed by atoms with Crippen molar-refractivity contribution in [3.05, 3.63) is 11.5 Å². The molecule has 90 valence electrons. The number of nitrogen functional groups attached to an aromatic ring is 1. The number of thioether (sulfide) groups is 1. The topological polar surface area (TPSA) is 55.0 Å². The van der Waals surface area contributed by atoms with Crippen LogP contribution in [0.4, 0.5) is 11.5 Å². The van der Waals surface area contributed by atoms with Crippen LogP contribution in [-0.2, 0) is 0 Å². The molecular formula is C10H17ClN4S. The molecule has 4 nitrogen and oxygen atoms in total. The fraction of sp³-hybridized carbons (Fsp3) is 0.600. The van der Waals surface area contributed by atoms with Gasteiger partial charge in [-0.2, -0.15) is 16.7 Å². The summed E-state index contributed by atoms with van der Waals surface area (Å²) in [6, 6.07) is 0.406. The first kappa shape index (κ1) is 13.4. The van der Waals surface area contributed by atoms with Crippen LogP contribution in [0, 0.1) is 0 Å². The largest absolute Gasteiger partial charge is 0.394 e. The smallest absolute Gasteiger partial charge is 0.224 e. The second kappa shape index (κ2) is 6.15. The van der Waals surface area contributed by atoms with E-state index in [9.17, 15) is 0 Å². The maximum Gasteiger partial charge on any atom is 0.224 e. The second-order valence-corrected chi connectivity index (χ2v) is 4.80. The van der Waals surface area contributed by atoms with Crippen molar-refractivity contribution in [1.29, 1.82) is 0 Å². The molecule has 1 atom stereocenters. The van der Waals surface area contributed by atoms with Gasteiger partial charge >= 0.3 is 0 Å². The molecule has 0 aromatic carbocycles. The predicted molar refractivity (Wildman–Crippen MR) is 72.3 cm³/mol. The van der Waals surface area contributed by atoms with Crippen LogP contribution in [0.1, 0.15) is 13.3 Å². The Hall–Kier alpha value is -0.680. The van der Waals surface area contributed by atoms with Gasteiger partial charge in [0, 0.05) is 18.8 Å². The van der Waals surface area contributed by atoms with E-state index in [0.717, 1.165) is 12.2 Å². The summed E-state index contributed by atoms with van der Waals surface area (Å²) in [5.41, 5.74) is 6.41. The predicted octanol–water partition coefficient (Wildman–Crippen LogP) is 2.29. The van der Waals surface area contributed by atoms with Crippen LogP contribution in [0.5, 0.6) is 0 Å². The van der Waals surface area contributed by atoms with Crippen molar-refractivity contribution in [1.82, 2.24) is 9.97 Å². The van der Waals surface area contributed by atoms with Crippen LogP contribution in [0.25, 0.3) is 0 Å². The number of anilines is 2. The third-order valence-corrected chi connectivity index (χ3v) is 3.38. The maximum atomic E-state index is 5.85. The SMILES string of the molecule is CCC(CSC)N(C)c1nc(Cl)ncc1N. The van der Waals surface area contributed by atoms with Crippen LogP contribution >= 0.6 is 23.4 Å². The molecular weight excluding hydrogens is 244 g/mol. The number of nitrogens with two attached hydrogens (primary N) is 1. The molecule has 0 fully saturated rings. The summed E-state index contributed by atoms with van der Waals surface area (Å²) in [4.78, 5) is 10.1. The standard InChI is InChI=1S/C10H17ClN4S/c1-4-7(6-16-3)15(2)9-8(12)5-13-10(11)14-9/h5,7H,4,6,12H2,1-3H3. The summed E-state index contributed by atoms with van der Waals surface area (Å²) in [5, 5.41) is 0.232. The Labute approximate surface area is 106 Å². The van der Waals surface area contributed by atoms with E-state index in [4.69, 9.17) is 17.3 Å². The van der Waals surface area contributed by atoms with Crippen LogP contribution in [0.2, 0.25) is 5.28 Å². The van der Waals surface area contributed by atoms with Gasteiger partial charge in [-0.05, 0) is 24.3 Å². The minimum absolute atomic E-state index is 0.232. The molecule has 0 aliphatic heterocycles. The molecule has 0 bridgehead atoms. The van der Waals surface area contributed by atoms with E-state index in [-0.39, 0.29) is 5.28 Å². The van der Waals surface area contributed by atoms with Crippen molar-refractivity contribution in [3.63, 3.8) is 0 Å².